The van der Waals surface area contributed by atoms with Gasteiger partial charge in [0.15, 0.2) is 0 Å². The predicted octanol–water partition coefficient (Wildman–Crippen LogP) is 4.73. The summed E-state index contributed by atoms with van der Waals surface area (Å²) >= 11 is 6.85. The third kappa shape index (κ3) is 3.57. The van der Waals surface area contributed by atoms with Crippen molar-refractivity contribution in [3.8, 4) is 11.5 Å². The first-order valence-corrected chi connectivity index (χ1v) is 9.14. The van der Waals surface area contributed by atoms with Gasteiger partial charge in [-0.3, -0.25) is 9.67 Å². The molecule has 1 aliphatic heterocycles. The van der Waals surface area contributed by atoms with Crippen LogP contribution >= 0.6 is 31.9 Å². The molecule has 0 fully saturated rings. The molecule has 2 heterocycles. The highest BCUT2D eigenvalue weighted by molar-refractivity contribution is 9.10. The molecule has 25 heavy (non-hydrogen) atoms. The number of fused-ring (bicyclic) bond motifs is 2. The van der Waals surface area contributed by atoms with Crippen LogP contribution in [0.2, 0.25) is 0 Å². The second kappa shape index (κ2) is 7.58. The maximum atomic E-state index is 5.27. The number of ether oxygens (including phenoxy) is 2. The Hall–Kier alpha value is -1.86. The van der Waals surface area contributed by atoms with Crippen LogP contribution in [0.15, 0.2) is 44.4 Å². The molecule has 1 aromatic heterocycles. The molecule has 0 atom stereocenters. The van der Waals surface area contributed by atoms with Crippen molar-refractivity contribution in [3.63, 3.8) is 0 Å². The Balaban J connectivity index is 0.000000146. The van der Waals surface area contributed by atoms with Crippen LogP contribution in [0, 0.1) is 0 Å². The van der Waals surface area contributed by atoms with Gasteiger partial charge in [-0.05, 0) is 55.6 Å². The highest BCUT2D eigenvalue weighted by atomic mass is 79.9. The summed E-state index contributed by atoms with van der Waals surface area (Å²) in [6, 6.07) is 7.96. The second-order valence-electron chi connectivity index (χ2n) is 5.44. The molecule has 0 unspecified atom stereocenters. The molecule has 130 valence electrons. The zero-order valence-corrected chi connectivity index (χ0v) is 17.3. The average molecular weight is 467 g/mol. The summed E-state index contributed by atoms with van der Waals surface area (Å²) in [5, 5.41) is 5.31. The standard InChI is InChI=1S/C9H9BrN2O.C9H8BrNO/c1-12-5-6-8(11-12)4-3-7(10)9(6)13-2;1-12-9-7-5-11-4-6(7)2-3-8(9)10/h3-5H,1-2H3;2-3,5H,4H2,1H3. The van der Waals surface area contributed by atoms with Gasteiger partial charge < -0.3 is 9.47 Å². The Bertz CT molecular complexity index is 951. The van der Waals surface area contributed by atoms with E-state index < -0.39 is 0 Å². The van der Waals surface area contributed by atoms with E-state index >= 15 is 0 Å². The quantitative estimate of drug-likeness (QED) is 0.548. The van der Waals surface area contributed by atoms with Crippen molar-refractivity contribution in [2.45, 2.75) is 6.54 Å². The maximum absolute atomic E-state index is 5.27. The molecule has 3 aromatic rings. The lowest BCUT2D eigenvalue weighted by atomic mass is 10.1. The van der Waals surface area contributed by atoms with Gasteiger partial charge in [0.1, 0.15) is 11.5 Å². The van der Waals surface area contributed by atoms with Crippen LogP contribution in [0.3, 0.4) is 0 Å². The Labute approximate surface area is 162 Å². The van der Waals surface area contributed by atoms with Crippen molar-refractivity contribution in [2.24, 2.45) is 12.0 Å². The van der Waals surface area contributed by atoms with Gasteiger partial charge in [-0.25, -0.2) is 0 Å². The zero-order chi connectivity index (χ0) is 18.0. The molecule has 0 bridgehead atoms. The van der Waals surface area contributed by atoms with Crippen LogP contribution in [0.4, 0.5) is 0 Å². The van der Waals surface area contributed by atoms with Gasteiger partial charge in [0.05, 0.1) is 40.6 Å². The minimum atomic E-state index is 0.777. The van der Waals surface area contributed by atoms with E-state index in [1.54, 1.807) is 18.9 Å². The van der Waals surface area contributed by atoms with E-state index in [1.807, 2.05) is 37.7 Å². The van der Waals surface area contributed by atoms with E-state index in [0.717, 1.165) is 43.5 Å². The van der Waals surface area contributed by atoms with Crippen molar-refractivity contribution in [3.05, 3.63) is 50.5 Å². The van der Waals surface area contributed by atoms with E-state index in [4.69, 9.17) is 9.47 Å². The van der Waals surface area contributed by atoms with Gasteiger partial charge in [-0.15, -0.1) is 0 Å². The lowest BCUT2D eigenvalue weighted by Gasteiger charge is -2.06. The van der Waals surface area contributed by atoms with Crippen LogP contribution in [0.5, 0.6) is 11.5 Å². The molecule has 5 nitrogen and oxygen atoms in total. The van der Waals surface area contributed by atoms with E-state index in [1.165, 1.54) is 5.56 Å². The van der Waals surface area contributed by atoms with E-state index in [2.05, 4.69) is 48.0 Å². The Morgan fingerprint density at radius 2 is 1.68 bits per heavy atom. The number of rotatable bonds is 2. The zero-order valence-electron chi connectivity index (χ0n) is 14.1. The van der Waals surface area contributed by atoms with Gasteiger partial charge in [-0.1, -0.05) is 6.07 Å². The summed E-state index contributed by atoms with van der Waals surface area (Å²) in [7, 11) is 5.23. The monoisotopic (exact) mass is 465 g/mol. The molecule has 0 aliphatic carbocycles. The van der Waals surface area contributed by atoms with Gasteiger partial charge in [0, 0.05) is 25.0 Å². The van der Waals surface area contributed by atoms with Crippen molar-refractivity contribution in [1.82, 2.24) is 9.78 Å². The number of halogens is 2. The molecule has 4 rings (SSSR count). The number of aromatic nitrogens is 2. The Morgan fingerprint density at radius 3 is 2.40 bits per heavy atom. The first-order valence-electron chi connectivity index (χ1n) is 7.56. The number of methoxy groups -OCH3 is 2. The van der Waals surface area contributed by atoms with Crippen LogP contribution < -0.4 is 9.47 Å². The summed E-state index contributed by atoms with van der Waals surface area (Å²) in [6.45, 7) is 0.777. The van der Waals surface area contributed by atoms with E-state index in [0.29, 0.717) is 0 Å². The first-order chi connectivity index (χ1) is 12.0. The maximum Gasteiger partial charge on any atom is 0.144 e. The number of aliphatic imine (C=N–C) groups is 1. The van der Waals surface area contributed by atoms with Crippen LogP contribution in [-0.2, 0) is 13.6 Å². The predicted molar refractivity (Wildman–Crippen MR) is 107 cm³/mol. The summed E-state index contributed by atoms with van der Waals surface area (Å²) in [4.78, 5) is 4.18. The van der Waals surface area contributed by atoms with Gasteiger partial charge >= 0.3 is 0 Å². The largest absolute Gasteiger partial charge is 0.495 e. The SMILES string of the molecule is COc1c(Br)ccc2c1C=NC2.COc1c(Br)ccc2nn(C)cc12. The highest BCUT2D eigenvalue weighted by Crippen LogP contribution is 2.33. The van der Waals surface area contributed by atoms with Gasteiger partial charge in [-0.2, -0.15) is 5.10 Å². The van der Waals surface area contributed by atoms with Crippen LogP contribution in [0.25, 0.3) is 10.9 Å². The minimum absolute atomic E-state index is 0.777. The molecule has 0 radical (unpaired) electrons. The van der Waals surface area contributed by atoms with Crippen molar-refractivity contribution >= 4 is 49.0 Å². The van der Waals surface area contributed by atoms with Crippen LogP contribution in [0.1, 0.15) is 11.1 Å². The van der Waals surface area contributed by atoms with Crippen molar-refractivity contribution in [2.75, 3.05) is 14.2 Å². The van der Waals surface area contributed by atoms with Crippen LogP contribution in [-0.4, -0.2) is 30.2 Å². The molecule has 2 aromatic carbocycles. The fourth-order valence-corrected chi connectivity index (χ4v) is 3.72. The average Bonchev–Trinajstić information content (AvgIpc) is 3.21. The van der Waals surface area contributed by atoms with E-state index in [9.17, 15) is 0 Å². The fraction of sp³-hybridized carbons (Fsp3) is 0.222. The minimum Gasteiger partial charge on any atom is -0.495 e. The molecule has 0 saturated carbocycles. The normalized spacial score (nSPS) is 11.9. The fourth-order valence-electron chi connectivity index (χ4n) is 2.70. The van der Waals surface area contributed by atoms with Gasteiger partial charge in [0.2, 0.25) is 0 Å². The van der Waals surface area contributed by atoms with Crippen molar-refractivity contribution in [1.29, 1.82) is 0 Å². The number of hydrogen-bond donors (Lipinski definition) is 0. The topological polar surface area (TPSA) is 48.6 Å². The smallest absolute Gasteiger partial charge is 0.144 e. The number of hydrogen-bond acceptors (Lipinski definition) is 4. The van der Waals surface area contributed by atoms with E-state index in [-0.39, 0.29) is 0 Å². The molecule has 0 spiro atoms. The molecule has 0 amide bonds. The number of benzene rings is 2. The molecule has 7 heteroatoms. The highest BCUT2D eigenvalue weighted by Gasteiger charge is 2.13. The summed E-state index contributed by atoms with van der Waals surface area (Å²) in [5.74, 6) is 1.72. The Morgan fingerprint density at radius 1 is 1.00 bits per heavy atom. The number of nitrogens with zero attached hydrogens (tertiary/aromatic N) is 3. The molecule has 0 N–H and O–H groups in total. The summed E-state index contributed by atoms with van der Waals surface area (Å²) < 4.78 is 14.2. The lowest BCUT2D eigenvalue weighted by molar-refractivity contribution is 0.411. The van der Waals surface area contributed by atoms with Gasteiger partial charge in [0.25, 0.3) is 0 Å². The first kappa shape index (κ1) is 17.9. The number of aryl methyl sites for hydroxylation is 1. The second-order valence-corrected chi connectivity index (χ2v) is 7.15. The lowest BCUT2D eigenvalue weighted by Crippen LogP contribution is -1.92. The summed E-state index contributed by atoms with van der Waals surface area (Å²) in [5.41, 5.74) is 3.28. The summed E-state index contributed by atoms with van der Waals surface area (Å²) in [6.07, 6.45) is 3.80. The van der Waals surface area contributed by atoms with Crippen molar-refractivity contribution < 1.29 is 9.47 Å². The molecule has 1 aliphatic rings. The Kier molecular flexibility index (Phi) is 5.44. The third-order valence-corrected chi connectivity index (χ3v) is 5.08. The third-order valence-electron chi connectivity index (χ3n) is 3.84. The molecular formula is C18H17Br2N3O2. The molecular weight excluding hydrogens is 450 g/mol. The molecule has 0 saturated heterocycles.